The van der Waals surface area contributed by atoms with Crippen molar-refractivity contribution < 1.29 is 0 Å². The second kappa shape index (κ2) is 8.76. The normalized spacial score (nSPS) is 11.1. The zero-order valence-corrected chi connectivity index (χ0v) is 14.9. The summed E-state index contributed by atoms with van der Waals surface area (Å²) < 4.78 is 0. The molecule has 124 valence electrons. The van der Waals surface area contributed by atoms with Crippen LogP contribution in [0.3, 0.4) is 0 Å². The van der Waals surface area contributed by atoms with E-state index in [9.17, 15) is 0 Å². The van der Waals surface area contributed by atoms with E-state index < -0.39 is 0 Å². The molecule has 0 saturated carbocycles. The van der Waals surface area contributed by atoms with Crippen LogP contribution in [0.2, 0.25) is 0 Å². The molecule has 0 aliphatic heterocycles. The Morgan fingerprint density at radius 3 is 2.12 bits per heavy atom. The molecule has 0 unspecified atom stereocenters. The first-order chi connectivity index (χ1) is 11.9. The van der Waals surface area contributed by atoms with E-state index in [1.165, 1.54) is 28.2 Å². The van der Waals surface area contributed by atoms with Gasteiger partial charge in [0.1, 0.15) is 5.01 Å². The molecular weight excluding hydrogens is 312 g/mol. The maximum absolute atomic E-state index is 4.94. The van der Waals surface area contributed by atoms with Gasteiger partial charge in [0, 0.05) is 18.3 Å². The van der Waals surface area contributed by atoms with Gasteiger partial charge in [-0.1, -0.05) is 67.6 Å². The lowest BCUT2D eigenvalue weighted by Gasteiger charge is -2.15. The molecule has 2 nitrogen and oxygen atoms in total. The summed E-state index contributed by atoms with van der Waals surface area (Å²) in [5.41, 5.74) is 3.79. The molecule has 0 aliphatic carbocycles. The number of rotatable bonds is 8. The van der Waals surface area contributed by atoms with Gasteiger partial charge in [0.25, 0.3) is 0 Å². The van der Waals surface area contributed by atoms with Crippen LogP contribution < -0.4 is 5.32 Å². The van der Waals surface area contributed by atoms with E-state index in [0.29, 0.717) is 0 Å². The fourth-order valence-corrected chi connectivity index (χ4v) is 3.86. The van der Waals surface area contributed by atoms with Gasteiger partial charge in [0.2, 0.25) is 0 Å². The Labute approximate surface area is 148 Å². The van der Waals surface area contributed by atoms with Gasteiger partial charge in [0.05, 0.1) is 11.6 Å². The molecule has 1 N–H and O–H groups in total. The smallest absolute Gasteiger partial charge is 0.105 e. The molecule has 0 aliphatic rings. The summed E-state index contributed by atoms with van der Waals surface area (Å²) in [7, 11) is 0. The van der Waals surface area contributed by atoms with Crippen LogP contribution in [-0.2, 0) is 6.42 Å². The van der Waals surface area contributed by atoms with Crippen molar-refractivity contribution in [2.24, 2.45) is 0 Å². The zero-order chi connectivity index (χ0) is 16.6. The van der Waals surface area contributed by atoms with E-state index in [2.05, 4.69) is 78.3 Å². The minimum Gasteiger partial charge on any atom is -0.316 e. The maximum Gasteiger partial charge on any atom is 0.105 e. The molecule has 0 saturated heterocycles. The highest BCUT2D eigenvalue weighted by atomic mass is 32.1. The fourth-order valence-electron chi connectivity index (χ4n) is 2.86. The predicted molar refractivity (Wildman–Crippen MR) is 103 cm³/mol. The Bertz CT molecular complexity index is 682. The number of hydrogen-bond acceptors (Lipinski definition) is 3. The maximum atomic E-state index is 4.94. The molecule has 0 spiro atoms. The quantitative estimate of drug-likeness (QED) is 0.594. The van der Waals surface area contributed by atoms with Crippen molar-refractivity contribution in [3.8, 4) is 0 Å². The molecule has 1 aromatic heterocycles. The topological polar surface area (TPSA) is 24.9 Å². The summed E-state index contributed by atoms with van der Waals surface area (Å²) in [4.78, 5) is 4.94. The fraction of sp³-hybridized carbons (Fsp3) is 0.286. The summed E-state index contributed by atoms with van der Waals surface area (Å²) in [6, 6.07) is 21.3. The van der Waals surface area contributed by atoms with Crippen LogP contribution in [0.15, 0.2) is 66.0 Å². The van der Waals surface area contributed by atoms with E-state index in [1.807, 2.05) is 0 Å². The van der Waals surface area contributed by atoms with Gasteiger partial charge in [-0.25, -0.2) is 4.98 Å². The molecule has 0 radical (unpaired) electrons. The third-order valence-corrected chi connectivity index (χ3v) is 5.03. The van der Waals surface area contributed by atoms with Crippen LogP contribution in [-0.4, -0.2) is 18.1 Å². The van der Waals surface area contributed by atoms with E-state index >= 15 is 0 Å². The highest BCUT2D eigenvalue weighted by molar-refractivity contribution is 7.09. The Kier molecular flexibility index (Phi) is 6.16. The standard InChI is InChI=1S/C21H24N2S/c1-2-14-22-15-13-19-16-24-21(23-19)20(17-9-5-3-6-10-17)18-11-7-4-8-12-18/h3-12,16,20,22H,2,13-15H2,1H3. The van der Waals surface area contributed by atoms with Crippen molar-refractivity contribution in [3.05, 3.63) is 87.9 Å². The summed E-state index contributed by atoms with van der Waals surface area (Å²) >= 11 is 1.77. The van der Waals surface area contributed by atoms with Crippen molar-refractivity contribution in [3.63, 3.8) is 0 Å². The monoisotopic (exact) mass is 336 g/mol. The van der Waals surface area contributed by atoms with Gasteiger partial charge in [-0.3, -0.25) is 0 Å². The Balaban J connectivity index is 1.83. The molecule has 2 aromatic carbocycles. The molecule has 24 heavy (non-hydrogen) atoms. The van der Waals surface area contributed by atoms with Gasteiger partial charge in [-0.15, -0.1) is 11.3 Å². The predicted octanol–water partition coefficient (Wildman–Crippen LogP) is 4.87. The van der Waals surface area contributed by atoms with E-state index in [0.717, 1.165) is 19.5 Å². The Hall–Kier alpha value is -1.97. The first-order valence-corrected chi connectivity index (χ1v) is 9.51. The second-order valence-electron chi connectivity index (χ2n) is 5.93. The molecule has 3 heteroatoms. The average Bonchev–Trinajstić information content (AvgIpc) is 3.09. The van der Waals surface area contributed by atoms with Crippen LogP contribution in [0.5, 0.6) is 0 Å². The molecule has 0 amide bonds. The van der Waals surface area contributed by atoms with E-state index in [4.69, 9.17) is 4.98 Å². The van der Waals surface area contributed by atoms with Gasteiger partial charge in [0.15, 0.2) is 0 Å². The minimum atomic E-state index is 0.217. The SMILES string of the molecule is CCCNCCc1csc(C(c2ccccc2)c2ccccc2)n1. The molecule has 3 rings (SSSR count). The number of nitrogens with zero attached hydrogens (tertiary/aromatic N) is 1. The number of aromatic nitrogens is 1. The van der Waals surface area contributed by atoms with E-state index in [-0.39, 0.29) is 5.92 Å². The highest BCUT2D eigenvalue weighted by Crippen LogP contribution is 2.33. The molecular formula is C21H24N2S. The summed E-state index contributed by atoms with van der Waals surface area (Å²) in [6.45, 7) is 4.27. The first kappa shape index (κ1) is 16.9. The number of nitrogens with one attached hydrogen (secondary N) is 1. The van der Waals surface area contributed by atoms with Crippen molar-refractivity contribution in [1.82, 2.24) is 10.3 Å². The minimum absolute atomic E-state index is 0.217. The lowest BCUT2D eigenvalue weighted by molar-refractivity contribution is 0.666. The lowest BCUT2D eigenvalue weighted by atomic mass is 9.92. The summed E-state index contributed by atoms with van der Waals surface area (Å²) in [5.74, 6) is 0.217. The Morgan fingerprint density at radius 1 is 0.917 bits per heavy atom. The molecule has 1 heterocycles. The average molecular weight is 337 g/mol. The molecule has 0 bridgehead atoms. The van der Waals surface area contributed by atoms with Crippen LogP contribution in [0, 0.1) is 0 Å². The van der Waals surface area contributed by atoms with Crippen LogP contribution in [0.25, 0.3) is 0 Å². The largest absolute Gasteiger partial charge is 0.316 e. The van der Waals surface area contributed by atoms with Crippen LogP contribution in [0.1, 0.15) is 41.1 Å². The molecule has 0 atom stereocenters. The van der Waals surface area contributed by atoms with Gasteiger partial charge in [-0.2, -0.15) is 0 Å². The van der Waals surface area contributed by atoms with Crippen molar-refractivity contribution >= 4 is 11.3 Å². The first-order valence-electron chi connectivity index (χ1n) is 8.63. The van der Waals surface area contributed by atoms with Crippen molar-refractivity contribution in [2.75, 3.05) is 13.1 Å². The van der Waals surface area contributed by atoms with Gasteiger partial charge in [-0.05, 0) is 24.1 Å². The number of hydrogen-bond donors (Lipinski definition) is 1. The summed E-state index contributed by atoms with van der Waals surface area (Å²) in [6.07, 6.45) is 2.17. The third-order valence-electron chi connectivity index (χ3n) is 4.07. The van der Waals surface area contributed by atoms with Crippen molar-refractivity contribution in [2.45, 2.75) is 25.7 Å². The van der Waals surface area contributed by atoms with Crippen LogP contribution in [0.4, 0.5) is 0 Å². The third kappa shape index (κ3) is 4.31. The molecule has 3 aromatic rings. The highest BCUT2D eigenvalue weighted by Gasteiger charge is 2.19. The van der Waals surface area contributed by atoms with Gasteiger partial charge < -0.3 is 5.32 Å². The Morgan fingerprint density at radius 2 is 1.54 bits per heavy atom. The van der Waals surface area contributed by atoms with E-state index in [1.54, 1.807) is 11.3 Å². The van der Waals surface area contributed by atoms with Gasteiger partial charge >= 0.3 is 0 Å². The zero-order valence-electron chi connectivity index (χ0n) is 14.1. The molecule has 0 fully saturated rings. The second-order valence-corrected chi connectivity index (χ2v) is 6.82. The number of thiazole rings is 1. The summed E-state index contributed by atoms with van der Waals surface area (Å²) in [5, 5.41) is 6.84. The van der Waals surface area contributed by atoms with Crippen molar-refractivity contribution in [1.29, 1.82) is 0 Å². The van der Waals surface area contributed by atoms with Crippen LogP contribution >= 0.6 is 11.3 Å². The number of benzene rings is 2. The lowest BCUT2D eigenvalue weighted by Crippen LogP contribution is -2.17.